The van der Waals surface area contributed by atoms with Gasteiger partial charge in [0.2, 0.25) is 0 Å². The van der Waals surface area contributed by atoms with Gasteiger partial charge in [-0.2, -0.15) is 0 Å². The largest absolute Gasteiger partial charge is 0.384 e. The minimum absolute atomic E-state index is 0.649. The number of nitrogens with zero attached hydrogens (tertiary/aromatic N) is 1. The summed E-state index contributed by atoms with van der Waals surface area (Å²) >= 11 is 0. The molecule has 0 amide bonds. The van der Waals surface area contributed by atoms with E-state index in [4.69, 9.17) is 6.42 Å². The van der Waals surface area contributed by atoms with Gasteiger partial charge >= 0.3 is 0 Å². The Morgan fingerprint density at radius 1 is 1.32 bits per heavy atom. The first kappa shape index (κ1) is 12.6. The highest BCUT2D eigenvalue weighted by molar-refractivity contribution is 5.57. The number of hydrogen-bond acceptors (Lipinski definition) is 2. The fourth-order valence-corrected chi connectivity index (χ4v) is 2.98. The molecule has 0 aromatic heterocycles. The van der Waals surface area contributed by atoms with Crippen LogP contribution in [0.2, 0.25) is 0 Å². The van der Waals surface area contributed by atoms with Crippen LogP contribution in [0.5, 0.6) is 0 Å². The van der Waals surface area contributed by atoms with Crippen molar-refractivity contribution in [3.63, 3.8) is 0 Å². The van der Waals surface area contributed by atoms with Crippen LogP contribution in [0.3, 0.4) is 0 Å². The normalized spacial score (nSPS) is 20.9. The number of nitrogens with one attached hydrogen (secondary N) is 1. The molecule has 0 bridgehead atoms. The molecule has 3 rings (SSSR count). The van der Waals surface area contributed by atoms with Gasteiger partial charge in [-0.05, 0) is 43.4 Å². The van der Waals surface area contributed by atoms with Crippen molar-refractivity contribution >= 4 is 5.69 Å². The minimum Gasteiger partial charge on any atom is -0.384 e. The second-order valence-corrected chi connectivity index (χ2v) is 5.84. The van der Waals surface area contributed by atoms with E-state index in [1.165, 1.54) is 37.1 Å². The van der Waals surface area contributed by atoms with Gasteiger partial charge in [-0.15, -0.1) is 6.42 Å². The Kier molecular flexibility index (Phi) is 3.75. The number of anilines is 1. The Morgan fingerprint density at radius 3 is 2.95 bits per heavy atom. The monoisotopic (exact) mass is 254 g/mol. The van der Waals surface area contributed by atoms with Crippen LogP contribution in [-0.4, -0.2) is 31.1 Å². The third-order valence-electron chi connectivity index (χ3n) is 4.26. The van der Waals surface area contributed by atoms with Crippen LogP contribution in [0.1, 0.15) is 30.7 Å². The second kappa shape index (κ2) is 5.67. The lowest BCUT2D eigenvalue weighted by atomic mass is 9.97. The second-order valence-electron chi connectivity index (χ2n) is 5.84. The van der Waals surface area contributed by atoms with Crippen molar-refractivity contribution < 1.29 is 0 Å². The van der Waals surface area contributed by atoms with Crippen LogP contribution in [0.4, 0.5) is 5.69 Å². The van der Waals surface area contributed by atoms with E-state index in [-0.39, 0.29) is 0 Å². The van der Waals surface area contributed by atoms with Crippen LogP contribution in [0.15, 0.2) is 24.3 Å². The highest BCUT2D eigenvalue weighted by atomic mass is 15.1. The maximum Gasteiger partial charge on any atom is 0.0599 e. The first-order valence-corrected chi connectivity index (χ1v) is 7.35. The summed E-state index contributed by atoms with van der Waals surface area (Å²) in [5.74, 6) is 4.37. The summed E-state index contributed by atoms with van der Waals surface area (Å²) in [5.41, 5.74) is 2.80. The minimum atomic E-state index is 0.649. The zero-order valence-electron chi connectivity index (χ0n) is 11.4. The molecule has 2 nitrogen and oxygen atoms in total. The van der Waals surface area contributed by atoms with Gasteiger partial charge in [0.25, 0.3) is 0 Å². The average Bonchev–Trinajstić information content (AvgIpc) is 3.15. The van der Waals surface area contributed by atoms with E-state index in [9.17, 15) is 0 Å². The Balaban J connectivity index is 1.55. The quantitative estimate of drug-likeness (QED) is 0.785. The lowest BCUT2D eigenvalue weighted by Crippen LogP contribution is -2.28. The highest BCUT2D eigenvalue weighted by Gasteiger charge is 2.26. The summed E-state index contributed by atoms with van der Waals surface area (Å²) in [6, 6.07) is 8.68. The number of terminal acetylenes is 1. The standard InChI is InChI=1S/C17H22N2/c1-2-10-19(13-14-7-8-14)11-9-15-12-18-17-6-4-3-5-16(15)17/h1,3-6,14-15,18H,7-13H2. The van der Waals surface area contributed by atoms with Crippen LogP contribution in [0.25, 0.3) is 0 Å². The lowest BCUT2D eigenvalue weighted by Gasteiger charge is -2.21. The summed E-state index contributed by atoms with van der Waals surface area (Å²) in [7, 11) is 0. The number of fused-ring (bicyclic) bond motifs is 1. The molecule has 0 spiro atoms. The summed E-state index contributed by atoms with van der Waals surface area (Å²) < 4.78 is 0. The fraction of sp³-hybridized carbons (Fsp3) is 0.529. The van der Waals surface area contributed by atoms with Crippen molar-refractivity contribution in [1.82, 2.24) is 4.90 Å². The molecule has 1 fully saturated rings. The van der Waals surface area contributed by atoms with Crippen LogP contribution in [0, 0.1) is 18.3 Å². The van der Waals surface area contributed by atoms with Crippen LogP contribution >= 0.6 is 0 Å². The molecule has 1 aliphatic heterocycles. The molecule has 1 atom stereocenters. The number of benzene rings is 1. The molecule has 2 heteroatoms. The summed E-state index contributed by atoms with van der Waals surface area (Å²) in [6.45, 7) is 4.21. The molecule has 1 saturated carbocycles. The van der Waals surface area contributed by atoms with Crippen molar-refractivity contribution in [3.05, 3.63) is 29.8 Å². The summed E-state index contributed by atoms with van der Waals surface area (Å²) in [5, 5.41) is 3.50. The van der Waals surface area contributed by atoms with E-state index >= 15 is 0 Å². The number of rotatable bonds is 6. The molecular formula is C17H22N2. The third-order valence-corrected chi connectivity index (χ3v) is 4.26. The van der Waals surface area contributed by atoms with Crippen molar-refractivity contribution in [2.45, 2.75) is 25.2 Å². The molecule has 1 heterocycles. The molecule has 0 radical (unpaired) electrons. The zero-order chi connectivity index (χ0) is 13.1. The fourth-order valence-electron chi connectivity index (χ4n) is 2.98. The Hall–Kier alpha value is -1.46. The van der Waals surface area contributed by atoms with Crippen molar-refractivity contribution in [1.29, 1.82) is 0 Å². The van der Waals surface area contributed by atoms with Gasteiger partial charge in [0.15, 0.2) is 0 Å². The van der Waals surface area contributed by atoms with Gasteiger partial charge in [-0.1, -0.05) is 24.1 Å². The van der Waals surface area contributed by atoms with E-state index in [2.05, 4.69) is 40.4 Å². The van der Waals surface area contributed by atoms with Gasteiger partial charge < -0.3 is 5.32 Å². The maximum atomic E-state index is 5.48. The first-order chi connectivity index (χ1) is 9.36. The average molecular weight is 254 g/mol. The number of para-hydroxylation sites is 1. The zero-order valence-corrected chi connectivity index (χ0v) is 11.4. The van der Waals surface area contributed by atoms with Crippen molar-refractivity contribution in [3.8, 4) is 12.3 Å². The van der Waals surface area contributed by atoms with Gasteiger partial charge in [0.05, 0.1) is 6.54 Å². The van der Waals surface area contributed by atoms with Crippen molar-refractivity contribution in [2.24, 2.45) is 5.92 Å². The van der Waals surface area contributed by atoms with Gasteiger partial charge in [-0.25, -0.2) is 0 Å². The smallest absolute Gasteiger partial charge is 0.0599 e. The highest BCUT2D eigenvalue weighted by Crippen LogP contribution is 2.34. The van der Waals surface area contributed by atoms with Gasteiger partial charge in [0, 0.05) is 24.7 Å². The Bertz CT molecular complexity index is 470. The molecule has 100 valence electrons. The SMILES string of the molecule is C#CCN(CCC1CNc2ccccc21)CC1CC1. The molecule has 1 unspecified atom stereocenters. The topological polar surface area (TPSA) is 15.3 Å². The van der Waals surface area contributed by atoms with Gasteiger partial charge in [0.1, 0.15) is 0 Å². The Morgan fingerprint density at radius 2 is 2.16 bits per heavy atom. The van der Waals surface area contributed by atoms with Crippen LogP contribution < -0.4 is 5.32 Å². The van der Waals surface area contributed by atoms with Crippen molar-refractivity contribution in [2.75, 3.05) is 31.5 Å². The molecule has 1 aromatic carbocycles. The summed E-state index contributed by atoms with van der Waals surface area (Å²) in [6.07, 6.45) is 9.48. The van der Waals surface area contributed by atoms with Crippen LogP contribution in [-0.2, 0) is 0 Å². The molecular weight excluding hydrogens is 232 g/mol. The molecule has 1 aliphatic carbocycles. The van der Waals surface area contributed by atoms with Gasteiger partial charge in [-0.3, -0.25) is 4.90 Å². The third kappa shape index (κ3) is 3.11. The molecule has 2 aliphatic rings. The molecule has 19 heavy (non-hydrogen) atoms. The molecule has 1 N–H and O–H groups in total. The van der Waals surface area contributed by atoms with E-state index in [1.54, 1.807) is 0 Å². The molecule has 1 aromatic rings. The van der Waals surface area contributed by atoms with E-state index in [1.807, 2.05) is 0 Å². The summed E-state index contributed by atoms with van der Waals surface area (Å²) in [4.78, 5) is 2.46. The molecule has 0 saturated heterocycles. The Labute approximate surface area is 116 Å². The van der Waals surface area contributed by atoms with E-state index in [0.717, 1.165) is 25.6 Å². The predicted octanol–water partition coefficient (Wildman–Crippen LogP) is 2.93. The maximum absolute atomic E-state index is 5.48. The number of hydrogen-bond donors (Lipinski definition) is 1. The van der Waals surface area contributed by atoms with E-state index < -0.39 is 0 Å². The first-order valence-electron chi connectivity index (χ1n) is 7.35. The predicted molar refractivity (Wildman–Crippen MR) is 80.3 cm³/mol. The lowest BCUT2D eigenvalue weighted by molar-refractivity contribution is 0.284. The van der Waals surface area contributed by atoms with E-state index in [0.29, 0.717) is 5.92 Å².